The van der Waals surface area contributed by atoms with E-state index in [1.165, 1.54) is 0 Å². The highest BCUT2D eigenvalue weighted by Gasteiger charge is 2.34. The number of benzene rings is 1. The molecule has 29 heavy (non-hydrogen) atoms. The molecular weight excluding hydrogens is 390 g/mol. The van der Waals surface area contributed by atoms with Crippen molar-refractivity contribution in [1.82, 2.24) is 15.5 Å². The van der Waals surface area contributed by atoms with Crippen molar-refractivity contribution in [2.24, 2.45) is 11.8 Å². The van der Waals surface area contributed by atoms with E-state index in [9.17, 15) is 14.4 Å². The zero-order valence-corrected chi connectivity index (χ0v) is 18.5. The summed E-state index contributed by atoms with van der Waals surface area (Å²) in [4.78, 5) is 39.9. The van der Waals surface area contributed by atoms with Crippen molar-refractivity contribution in [3.63, 3.8) is 0 Å². The van der Waals surface area contributed by atoms with Crippen molar-refractivity contribution in [2.45, 2.75) is 59.0 Å². The maximum absolute atomic E-state index is 12.9. The molecule has 1 aliphatic heterocycles. The van der Waals surface area contributed by atoms with E-state index < -0.39 is 6.04 Å². The Bertz CT molecular complexity index is 730. The first-order chi connectivity index (χ1) is 13.7. The van der Waals surface area contributed by atoms with Gasteiger partial charge in [0.2, 0.25) is 11.8 Å². The van der Waals surface area contributed by atoms with Gasteiger partial charge in [-0.3, -0.25) is 14.4 Å². The van der Waals surface area contributed by atoms with E-state index in [1.54, 1.807) is 24.3 Å². The fourth-order valence-electron chi connectivity index (χ4n) is 3.51. The minimum Gasteiger partial charge on any atom is -0.352 e. The number of piperidine rings is 1. The molecule has 6 nitrogen and oxygen atoms in total. The van der Waals surface area contributed by atoms with Gasteiger partial charge in [0.1, 0.15) is 6.04 Å². The van der Waals surface area contributed by atoms with E-state index >= 15 is 0 Å². The number of carbonyl (C=O) groups excluding carboxylic acids is 3. The largest absolute Gasteiger partial charge is 0.352 e. The second kappa shape index (κ2) is 10.6. The number of amides is 3. The predicted octanol–water partition coefficient (Wildman–Crippen LogP) is 3.25. The third kappa shape index (κ3) is 6.20. The molecular formula is C22H32ClN3O3. The summed E-state index contributed by atoms with van der Waals surface area (Å²) < 4.78 is 0. The third-order valence-electron chi connectivity index (χ3n) is 5.51. The molecule has 7 heteroatoms. The standard InChI is InChI=1S/C22H32ClN3O3/c1-5-15(4)24-21(28)19(25-20(27)17-8-6-7-9-18(17)23)16-10-12-26(13-11-16)22(29)14(2)3/h6-9,14-16,19H,5,10-13H2,1-4H3,(H,24,28)(H,25,27). The molecule has 0 radical (unpaired) electrons. The van der Waals surface area contributed by atoms with Gasteiger partial charge in [-0.05, 0) is 44.2 Å². The number of nitrogens with zero attached hydrogens (tertiary/aromatic N) is 1. The Morgan fingerprint density at radius 1 is 1.10 bits per heavy atom. The van der Waals surface area contributed by atoms with Gasteiger partial charge >= 0.3 is 0 Å². The normalized spacial score (nSPS) is 17.0. The van der Waals surface area contributed by atoms with Crippen molar-refractivity contribution < 1.29 is 14.4 Å². The molecule has 2 N–H and O–H groups in total. The number of nitrogens with one attached hydrogen (secondary N) is 2. The Morgan fingerprint density at radius 2 is 1.72 bits per heavy atom. The number of hydrogen-bond acceptors (Lipinski definition) is 3. The van der Waals surface area contributed by atoms with Gasteiger partial charge in [0.25, 0.3) is 5.91 Å². The summed E-state index contributed by atoms with van der Waals surface area (Å²) in [5, 5.41) is 6.23. The Labute approximate surface area is 178 Å². The lowest BCUT2D eigenvalue weighted by molar-refractivity contribution is -0.136. The van der Waals surface area contributed by atoms with E-state index in [0.29, 0.717) is 36.5 Å². The molecule has 0 saturated carbocycles. The average Bonchev–Trinajstić information content (AvgIpc) is 2.71. The SMILES string of the molecule is CCC(C)NC(=O)C(NC(=O)c1ccccc1Cl)C1CCN(C(=O)C(C)C)CC1. The van der Waals surface area contributed by atoms with Gasteiger partial charge in [-0.15, -0.1) is 0 Å². The predicted molar refractivity (Wildman–Crippen MR) is 115 cm³/mol. The summed E-state index contributed by atoms with van der Waals surface area (Å²) >= 11 is 6.15. The smallest absolute Gasteiger partial charge is 0.253 e. The fourth-order valence-corrected chi connectivity index (χ4v) is 3.74. The molecule has 160 valence electrons. The maximum Gasteiger partial charge on any atom is 0.253 e. The molecule has 0 bridgehead atoms. The van der Waals surface area contributed by atoms with E-state index in [4.69, 9.17) is 11.6 Å². The van der Waals surface area contributed by atoms with Gasteiger partial charge in [0.15, 0.2) is 0 Å². The third-order valence-corrected chi connectivity index (χ3v) is 5.83. The van der Waals surface area contributed by atoms with E-state index in [1.807, 2.05) is 32.6 Å². The molecule has 2 unspecified atom stereocenters. The lowest BCUT2D eigenvalue weighted by atomic mass is 9.88. The van der Waals surface area contributed by atoms with E-state index in [0.717, 1.165) is 6.42 Å². The van der Waals surface area contributed by atoms with Crippen molar-refractivity contribution in [3.05, 3.63) is 34.9 Å². The summed E-state index contributed by atoms with van der Waals surface area (Å²) in [7, 11) is 0. The summed E-state index contributed by atoms with van der Waals surface area (Å²) in [6.45, 7) is 8.90. The van der Waals surface area contributed by atoms with Crippen molar-refractivity contribution >= 4 is 29.3 Å². The summed E-state index contributed by atoms with van der Waals surface area (Å²) in [6, 6.07) is 6.15. The lowest BCUT2D eigenvalue weighted by Crippen LogP contribution is -2.55. The second-order valence-corrected chi connectivity index (χ2v) is 8.47. The van der Waals surface area contributed by atoms with E-state index in [2.05, 4.69) is 10.6 Å². The summed E-state index contributed by atoms with van der Waals surface area (Å²) in [5.41, 5.74) is 0.350. The Hall–Kier alpha value is -2.08. The molecule has 1 aromatic rings. The highest BCUT2D eigenvalue weighted by Crippen LogP contribution is 2.23. The minimum absolute atomic E-state index is 0.0184. The van der Waals surface area contributed by atoms with E-state index in [-0.39, 0.29) is 35.6 Å². The molecule has 0 spiro atoms. The van der Waals surface area contributed by atoms with Crippen LogP contribution >= 0.6 is 11.6 Å². The molecule has 2 atom stereocenters. The zero-order valence-electron chi connectivity index (χ0n) is 17.7. The Morgan fingerprint density at radius 3 is 2.28 bits per heavy atom. The molecule has 1 aromatic carbocycles. The van der Waals surface area contributed by atoms with Crippen molar-refractivity contribution in [2.75, 3.05) is 13.1 Å². The van der Waals surface area contributed by atoms with Crippen LogP contribution in [0.1, 0.15) is 57.3 Å². The number of halogens is 1. The van der Waals surface area contributed by atoms with Crippen molar-refractivity contribution in [3.8, 4) is 0 Å². The summed E-state index contributed by atoms with van der Waals surface area (Å²) in [5.74, 6) is -0.504. The number of carbonyl (C=O) groups is 3. The van der Waals surface area contributed by atoms with Crippen LogP contribution in [0.25, 0.3) is 0 Å². The van der Waals surface area contributed by atoms with Crippen LogP contribution < -0.4 is 10.6 Å². The fraction of sp³-hybridized carbons (Fsp3) is 0.591. The van der Waals surface area contributed by atoms with Crippen LogP contribution in [0.5, 0.6) is 0 Å². The Kier molecular flexibility index (Phi) is 8.50. The van der Waals surface area contributed by atoms with Gasteiger partial charge in [0, 0.05) is 25.0 Å². The molecule has 1 fully saturated rings. The molecule has 2 rings (SSSR count). The van der Waals surface area contributed by atoms with Gasteiger partial charge in [-0.2, -0.15) is 0 Å². The zero-order chi connectivity index (χ0) is 21.6. The maximum atomic E-state index is 12.9. The number of hydrogen-bond donors (Lipinski definition) is 2. The van der Waals surface area contributed by atoms with Gasteiger partial charge < -0.3 is 15.5 Å². The lowest BCUT2D eigenvalue weighted by Gasteiger charge is -2.36. The van der Waals surface area contributed by atoms with Gasteiger partial charge in [-0.25, -0.2) is 0 Å². The van der Waals surface area contributed by atoms with Crippen LogP contribution in [0.3, 0.4) is 0 Å². The highest BCUT2D eigenvalue weighted by molar-refractivity contribution is 6.33. The highest BCUT2D eigenvalue weighted by atomic mass is 35.5. The molecule has 1 heterocycles. The van der Waals surface area contributed by atoms with Crippen LogP contribution in [0.2, 0.25) is 5.02 Å². The van der Waals surface area contributed by atoms with Crippen LogP contribution in [0, 0.1) is 11.8 Å². The van der Waals surface area contributed by atoms with Crippen LogP contribution in [-0.2, 0) is 9.59 Å². The number of rotatable bonds is 7. The minimum atomic E-state index is -0.663. The summed E-state index contributed by atoms with van der Waals surface area (Å²) in [6.07, 6.45) is 2.14. The van der Waals surface area contributed by atoms with Gasteiger partial charge in [0.05, 0.1) is 10.6 Å². The second-order valence-electron chi connectivity index (χ2n) is 8.07. The monoisotopic (exact) mass is 421 g/mol. The molecule has 3 amide bonds. The van der Waals surface area contributed by atoms with Crippen LogP contribution in [0.15, 0.2) is 24.3 Å². The molecule has 1 saturated heterocycles. The van der Waals surface area contributed by atoms with Crippen LogP contribution in [0.4, 0.5) is 0 Å². The first kappa shape index (κ1) is 23.2. The molecule has 0 aromatic heterocycles. The van der Waals surface area contributed by atoms with Gasteiger partial charge in [-0.1, -0.05) is 44.5 Å². The number of likely N-dealkylation sites (tertiary alicyclic amines) is 1. The average molecular weight is 422 g/mol. The molecule has 0 aliphatic carbocycles. The van der Waals surface area contributed by atoms with Crippen molar-refractivity contribution in [1.29, 1.82) is 0 Å². The molecule has 1 aliphatic rings. The Balaban J connectivity index is 2.13. The first-order valence-electron chi connectivity index (χ1n) is 10.4. The van der Waals surface area contributed by atoms with Crippen LogP contribution in [-0.4, -0.2) is 47.8 Å². The first-order valence-corrected chi connectivity index (χ1v) is 10.8. The quantitative estimate of drug-likeness (QED) is 0.709. The topological polar surface area (TPSA) is 78.5 Å².